The number of ether oxygens (including phenoxy) is 1. The fourth-order valence-corrected chi connectivity index (χ4v) is 3.67. The number of aryl methyl sites for hydroxylation is 1. The van der Waals surface area contributed by atoms with E-state index in [9.17, 15) is 14.4 Å². The van der Waals surface area contributed by atoms with Crippen LogP contribution in [0.2, 0.25) is 0 Å². The maximum absolute atomic E-state index is 12.6. The second-order valence-electron chi connectivity index (χ2n) is 6.59. The Hall–Kier alpha value is -3.78. The molecule has 2 heterocycles. The first kappa shape index (κ1) is 19.5. The fraction of sp³-hybridized carbons (Fsp3) is 0.0909. The lowest BCUT2D eigenvalue weighted by atomic mass is 10.1. The second-order valence-corrected chi connectivity index (χ2v) is 7.46. The van der Waals surface area contributed by atoms with E-state index in [0.717, 1.165) is 5.56 Å². The van der Waals surface area contributed by atoms with Crippen LogP contribution in [-0.4, -0.2) is 21.3 Å². The van der Waals surface area contributed by atoms with Crippen molar-refractivity contribution in [2.75, 3.05) is 5.32 Å². The molecule has 0 bridgehead atoms. The highest BCUT2D eigenvalue weighted by Gasteiger charge is 2.16. The van der Waals surface area contributed by atoms with Gasteiger partial charge in [0, 0.05) is 23.2 Å². The van der Waals surface area contributed by atoms with Gasteiger partial charge in [0.1, 0.15) is 6.61 Å². The molecule has 30 heavy (non-hydrogen) atoms. The Morgan fingerprint density at radius 2 is 1.97 bits per heavy atom. The van der Waals surface area contributed by atoms with E-state index in [1.165, 1.54) is 21.8 Å². The van der Waals surface area contributed by atoms with Crippen LogP contribution in [-0.2, 0) is 11.3 Å². The summed E-state index contributed by atoms with van der Waals surface area (Å²) in [6.07, 6.45) is 1.64. The average Bonchev–Trinajstić information content (AvgIpc) is 3.22. The van der Waals surface area contributed by atoms with Crippen molar-refractivity contribution in [3.8, 4) is 0 Å². The molecule has 0 aliphatic rings. The Morgan fingerprint density at radius 3 is 2.80 bits per heavy atom. The molecule has 0 saturated carbocycles. The van der Waals surface area contributed by atoms with Crippen molar-refractivity contribution in [3.63, 3.8) is 0 Å². The van der Waals surface area contributed by atoms with Gasteiger partial charge in [-0.3, -0.25) is 14.0 Å². The normalized spacial score (nSPS) is 10.7. The maximum Gasteiger partial charge on any atom is 0.340 e. The number of esters is 1. The molecular weight excluding hydrogens is 402 g/mol. The molecule has 0 radical (unpaired) electrons. The second kappa shape index (κ2) is 8.30. The molecule has 0 aliphatic heterocycles. The van der Waals surface area contributed by atoms with Crippen LogP contribution in [0.4, 0.5) is 5.69 Å². The van der Waals surface area contributed by atoms with Gasteiger partial charge < -0.3 is 10.1 Å². The summed E-state index contributed by atoms with van der Waals surface area (Å²) in [5, 5.41) is 4.51. The summed E-state index contributed by atoms with van der Waals surface area (Å²) in [7, 11) is 0. The highest BCUT2D eigenvalue weighted by atomic mass is 32.1. The average molecular weight is 419 g/mol. The van der Waals surface area contributed by atoms with Crippen molar-refractivity contribution in [1.82, 2.24) is 9.38 Å². The smallest absolute Gasteiger partial charge is 0.340 e. The minimum absolute atomic E-state index is 0.150. The molecule has 0 fully saturated rings. The molecule has 0 spiro atoms. The third-order valence-electron chi connectivity index (χ3n) is 4.38. The largest absolute Gasteiger partial charge is 0.456 e. The highest BCUT2D eigenvalue weighted by molar-refractivity contribution is 7.15. The van der Waals surface area contributed by atoms with Gasteiger partial charge in [-0.2, -0.15) is 0 Å². The number of aromatic nitrogens is 2. The summed E-state index contributed by atoms with van der Waals surface area (Å²) in [6, 6.07) is 15.1. The van der Waals surface area contributed by atoms with Crippen molar-refractivity contribution < 1.29 is 14.3 Å². The summed E-state index contributed by atoms with van der Waals surface area (Å²) in [6.45, 7) is 1.75. The molecule has 0 unspecified atom stereocenters. The van der Waals surface area contributed by atoms with Crippen LogP contribution in [0.15, 0.2) is 71.0 Å². The number of nitrogens with one attached hydrogen (secondary N) is 1. The Balaban J connectivity index is 1.50. The molecule has 4 rings (SSSR count). The Labute approximate surface area is 175 Å². The van der Waals surface area contributed by atoms with E-state index in [1.807, 2.05) is 13.0 Å². The quantitative estimate of drug-likeness (QED) is 0.499. The number of rotatable bonds is 5. The molecule has 0 aliphatic carbocycles. The maximum atomic E-state index is 12.6. The highest BCUT2D eigenvalue weighted by Crippen LogP contribution is 2.18. The first-order valence-corrected chi connectivity index (χ1v) is 9.99. The van der Waals surface area contributed by atoms with E-state index in [2.05, 4.69) is 10.3 Å². The van der Waals surface area contributed by atoms with Crippen LogP contribution in [0.1, 0.15) is 32.0 Å². The van der Waals surface area contributed by atoms with Gasteiger partial charge in [0.15, 0.2) is 4.96 Å². The van der Waals surface area contributed by atoms with Gasteiger partial charge in [0.25, 0.3) is 11.5 Å². The molecule has 150 valence electrons. The molecule has 4 aromatic rings. The van der Waals surface area contributed by atoms with Crippen LogP contribution in [0.25, 0.3) is 4.96 Å². The van der Waals surface area contributed by atoms with Gasteiger partial charge in [-0.25, -0.2) is 9.78 Å². The summed E-state index contributed by atoms with van der Waals surface area (Å²) < 4.78 is 6.77. The third kappa shape index (κ3) is 4.13. The Kier molecular flexibility index (Phi) is 5.40. The molecule has 1 amide bonds. The van der Waals surface area contributed by atoms with E-state index in [4.69, 9.17) is 4.74 Å². The number of hydrogen-bond acceptors (Lipinski definition) is 6. The predicted octanol–water partition coefficient (Wildman–Crippen LogP) is 3.67. The number of para-hydroxylation sites is 1. The molecule has 0 saturated heterocycles. The summed E-state index contributed by atoms with van der Waals surface area (Å²) in [5.41, 5.74) is 2.13. The third-order valence-corrected chi connectivity index (χ3v) is 5.14. The zero-order valence-corrected chi connectivity index (χ0v) is 16.8. The van der Waals surface area contributed by atoms with E-state index in [-0.39, 0.29) is 23.6 Å². The lowest BCUT2D eigenvalue weighted by Gasteiger charge is -2.11. The van der Waals surface area contributed by atoms with Gasteiger partial charge in [-0.15, -0.1) is 11.3 Å². The summed E-state index contributed by atoms with van der Waals surface area (Å²) >= 11 is 1.32. The molecule has 0 atom stereocenters. The molecule has 8 heteroatoms. The Morgan fingerprint density at radius 1 is 1.13 bits per heavy atom. The standard InChI is InChI=1S/C22H17N3O4S/c1-14-5-4-6-15(11-14)20(27)24-18-8-3-2-7-17(18)21(28)29-13-16-12-19(26)25-9-10-30-22(25)23-16/h2-12H,13H2,1H3,(H,24,27). The fourth-order valence-electron chi connectivity index (χ4n) is 2.93. The topological polar surface area (TPSA) is 89.8 Å². The van der Waals surface area contributed by atoms with E-state index < -0.39 is 5.97 Å². The van der Waals surface area contributed by atoms with Crippen LogP contribution < -0.4 is 10.9 Å². The Bertz CT molecular complexity index is 1310. The SMILES string of the molecule is Cc1cccc(C(=O)Nc2ccccc2C(=O)OCc2cc(=O)n3ccsc3n2)c1. The van der Waals surface area contributed by atoms with Gasteiger partial charge in [-0.05, 0) is 31.2 Å². The molecule has 1 N–H and O–H groups in total. The lowest BCUT2D eigenvalue weighted by Crippen LogP contribution is -2.17. The van der Waals surface area contributed by atoms with Gasteiger partial charge in [0.2, 0.25) is 0 Å². The number of nitrogens with zero attached hydrogens (tertiary/aromatic N) is 2. The zero-order chi connectivity index (χ0) is 21.1. The van der Waals surface area contributed by atoms with Crippen molar-refractivity contribution in [2.45, 2.75) is 13.5 Å². The van der Waals surface area contributed by atoms with Crippen molar-refractivity contribution in [3.05, 3.63) is 98.9 Å². The number of carbonyl (C=O) groups excluding carboxylic acids is 2. The predicted molar refractivity (Wildman–Crippen MR) is 114 cm³/mol. The first-order valence-electron chi connectivity index (χ1n) is 9.11. The van der Waals surface area contributed by atoms with Crippen LogP contribution >= 0.6 is 11.3 Å². The van der Waals surface area contributed by atoms with Gasteiger partial charge in [-0.1, -0.05) is 29.8 Å². The molecular formula is C22H17N3O4S. The minimum Gasteiger partial charge on any atom is -0.456 e. The van der Waals surface area contributed by atoms with Crippen molar-refractivity contribution in [2.24, 2.45) is 0 Å². The van der Waals surface area contributed by atoms with Crippen molar-refractivity contribution in [1.29, 1.82) is 0 Å². The minimum atomic E-state index is -0.622. The van der Waals surface area contributed by atoms with E-state index in [0.29, 0.717) is 21.9 Å². The summed E-state index contributed by atoms with van der Waals surface area (Å²) in [4.78, 5) is 42.1. The summed E-state index contributed by atoms with van der Waals surface area (Å²) in [5.74, 6) is -0.944. The number of amides is 1. The van der Waals surface area contributed by atoms with Crippen LogP contribution in [0, 0.1) is 6.92 Å². The number of hydrogen-bond donors (Lipinski definition) is 1. The molecule has 2 aromatic carbocycles. The monoisotopic (exact) mass is 419 g/mol. The van der Waals surface area contributed by atoms with Crippen molar-refractivity contribution >= 4 is 33.9 Å². The number of fused-ring (bicyclic) bond motifs is 1. The molecule has 2 aromatic heterocycles. The van der Waals surface area contributed by atoms with Crippen LogP contribution in [0.5, 0.6) is 0 Å². The number of thiazole rings is 1. The molecule has 7 nitrogen and oxygen atoms in total. The lowest BCUT2D eigenvalue weighted by molar-refractivity contribution is 0.0469. The van der Waals surface area contributed by atoms with Gasteiger partial charge in [0.05, 0.1) is 16.9 Å². The van der Waals surface area contributed by atoms with Gasteiger partial charge >= 0.3 is 5.97 Å². The van der Waals surface area contributed by atoms with Crippen LogP contribution in [0.3, 0.4) is 0 Å². The number of carbonyl (C=O) groups is 2. The number of benzene rings is 2. The first-order chi connectivity index (χ1) is 14.5. The number of anilines is 1. The zero-order valence-electron chi connectivity index (χ0n) is 16.0. The van der Waals surface area contributed by atoms with E-state index >= 15 is 0 Å². The van der Waals surface area contributed by atoms with E-state index in [1.54, 1.807) is 54.0 Å².